The minimum absolute atomic E-state index is 0. The standard InChI is InChI=1S/Na.H4O4Si.Zr.H/c;1-5(2,3)4;;/h;1-4H;;/q+1;;;-1. The van der Waals surface area contributed by atoms with Gasteiger partial charge in [-0.25, -0.2) is 0 Å². The molecule has 0 rings (SSSR count). The van der Waals surface area contributed by atoms with Crippen LogP contribution in [0.1, 0.15) is 1.43 Å². The SMILES string of the molecule is O[Si](O)(O)O.[H-].[Na+].[Zr]. The second-order valence-corrected chi connectivity index (χ2v) is 1.80. The molecule has 38 valence electrons. The van der Waals surface area contributed by atoms with Crippen LogP contribution in [0.4, 0.5) is 0 Å². The van der Waals surface area contributed by atoms with Crippen molar-refractivity contribution in [3.05, 3.63) is 0 Å². The van der Waals surface area contributed by atoms with E-state index >= 15 is 0 Å². The average molecular weight is 211 g/mol. The Morgan fingerprint density at radius 1 is 1.00 bits per heavy atom. The summed E-state index contributed by atoms with van der Waals surface area (Å²) in [5.41, 5.74) is 0. The Hall–Kier alpha value is 1.94. The van der Waals surface area contributed by atoms with E-state index in [2.05, 4.69) is 0 Å². The van der Waals surface area contributed by atoms with E-state index in [0.717, 1.165) is 0 Å². The molecule has 0 aliphatic heterocycles. The molecule has 0 unspecified atom stereocenters. The van der Waals surface area contributed by atoms with E-state index in [-0.39, 0.29) is 57.2 Å². The molecule has 0 aromatic heterocycles. The minimum Gasteiger partial charge on any atom is -1.00 e. The predicted octanol–water partition coefficient (Wildman–Crippen LogP) is -5.49. The normalized spacial score (nSPS) is 8.57. The van der Waals surface area contributed by atoms with Gasteiger partial charge in [-0.1, -0.05) is 0 Å². The van der Waals surface area contributed by atoms with Gasteiger partial charge in [0.1, 0.15) is 0 Å². The van der Waals surface area contributed by atoms with Gasteiger partial charge in [-0.3, -0.25) is 0 Å². The van der Waals surface area contributed by atoms with Gasteiger partial charge in [-0.05, 0) is 0 Å². The summed E-state index contributed by atoms with van der Waals surface area (Å²) in [4.78, 5) is 29.3. The van der Waals surface area contributed by atoms with Crippen molar-refractivity contribution in [3.63, 3.8) is 0 Å². The van der Waals surface area contributed by atoms with Gasteiger partial charge >= 0.3 is 38.6 Å². The molecule has 4 nitrogen and oxygen atoms in total. The summed E-state index contributed by atoms with van der Waals surface area (Å²) in [7, 11) is -4.61. The van der Waals surface area contributed by atoms with E-state index in [1.807, 2.05) is 0 Å². The Kier molecular flexibility index (Phi) is 13.8. The number of hydrogen-bond donors (Lipinski definition) is 4. The maximum Gasteiger partial charge on any atom is 1.00 e. The van der Waals surface area contributed by atoms with Crippen molar-refractivity contribution in [1.82, 2.24) is 0 Å². The molecule has 0 heterocycles. The summed E-state index contributed by atoms with van der Waals surface area (Å²) in [5.74, 6) is 0. The molecule has 0 radical (unpaired) electrons. The van der Waals surface area contributed by atoms with Gasteiger partial charge in [-0.15, -0.1) is 0 Å². The van der Waals surface area contributed by atoms with Crippen molar-refractivity contribution in [1.29, 1.82) is 0 Å². The van der Waals surface area contributed by atoms with Gasteiger partial charge in [0.05, 0.1) is 0 Å². The Bertz CT molecular complexity index is 31.5. The van der Waals surface area contributed by atoms with E-state index < -0.39 is 9.05 Å². The molecule has 7 heteroatoms. The molecular weight excluding hydrogens is 206 g/mol. The summed E-state index contributed by atoms with van der Waals surface area (Å²) in [6.45, 7) is 0. The zero-order valence-corrected chi connectivity index (χ0v) is 9.25. The third-order valence-electron chi connectivity index (χ3n) is 0. The zero-order valence-electron chi connectivity index (χ0n) is 4.79. The van der Waals surface area contributed by atoms with Crippen LogP contribution in [0.3, 0.4) is 0 Å². The summed E-state index contributed by atoms with van der Waals surface area (Å²) in [6, 6.07) is 0. The molecule has 0 aliphatic rings. The van der Waals surface area contributed by atoms with E-state index in [1.54, 1.807) is 0 Å². The summed E-state index contributed by atoms with van der Waals surface area (Å²) in [6.07, 6.45) is 0. The van der Waals surface area contributed by atoms with Crippen LogP contribution in [-0.2, 0) is 26.2 Å². The summed E-state index contributed by atoms with van der Waals surface area (Å²) >= 11 is 0. The first-order chi connectivity index (χ1) is 2.00. The van der Waals surface area contributed by atoms with Gasteiger partial charge in [0.25, 0.3) is 0 Å². The maximum absolute atomic E-state index is 7.33. The van der Waals surface area contributed by atoms with Gasteiger partial charge in [0.15, 0.2) is 0 Å². The second-order valence-electron chi connectivity index (χ2n) is 0.600. The van der Waals surface area contributed by atoms with Crippen LogP contribution < -0.4 is 29.6 Å². The van der Waals surface area contributed by atoms with Crippen LogP contribution in [-0.4, -0.2) is 28.2 Å². The molecule has 0 aromatic carbocycles. The van der Waals surface area contributed by atoms with Crippen molar-refractivity contribution in [2.75, 3.05) is 0 Å². The van der Waals surface area contributed by atoms with Gasteiger partial charge in [0, 0.05) is 26.2 Å². The summed E-state index contributed by atoms with van der Waals surface area (Å²) in [5, 5.41) is 0. The van der Waals surface area contributed by atoms with Crippen LogP contribution >= 0.6 is 0 Å². The molecule has 0 amide bonds. The topological polar surface area (TPSA) is 80.9 Å². The maximum atomic E-state index is 7.33. The third kappa shape index (κ3) is 74.4. The van der Waals surface area contributed by atoms with E-state index in [0.29, 0.717) is 0 Å². The Balaban J connectivity index is -0.0000000267. The molecule has 7 heavy (non-hydrogen) atoms. The Labute approximate surface area is 84.6 Å². The molecule has 0 spiro atoms. The average Bonchev–Trinajstić information content (AvgIpc) is 0.722. The van der Waals surface area contributed by atoms with Crippen molar-refractivity contribution in [3.8, 4) is 0 Å². The summed E-state index contributed by atoms with van der Waals surface area (Å²) < 4.78 is 0. The van der Waals surface area contributed by atoms with Crippen LogP contribution in [0.25, 0.3) is 0 Å². The second kappa shape index (κ2) is 6.07. The van der Waals surface area contributed by atoms with E-state index in [1.165, 1.54) is 0 Å². The van der Waals surface area contributed by atoms with Crippen molar-refractivity contribution >= 4 is 9.05 Å². The first-order valence-corrected chi connectivity index (χ1v) is 2.68. The quantitative estimate of drug-likeness (QED) is 0.301. The fourth-order valence-corrected chi connectivity index (χ4v) is 0. The first-order valence-electron chi connectivity index (χ1n) is 0.894. The Morgan fingerprint density at radius 2 is 1.00 bits per heavy atom. The number of hydrogen-bond acceptors (Lipinski definition) is 4. The minimum atomic E-state index is -4.61. The first kappa shape index (κ1) is 16.0. The van der Waals surface area contributed by atoms with Gasteiger partial charge in [-0.2, -0.15) is 0 Å². The number of rotatable bonds is 0. The monoisotopic (exact) mass is 210 g/mol. The van der Waals surface area contributed by atoms with Crippen LogP contribution in [0.5, 0.6) is 0 Å². The molecule has 0 fully saturated rings. The molecule has 0 atom stereocenters. The van der Waals surface area contributed by atoms with E-state index in [9.17, 15) is 0 Å². The Morgan fingerprint density at radius 3 is 1.00 bits per heavy atom. The largest absolute Gasteiger partial charge is 1.00 e. The van der Waals surface area contributed by atoms with Crippen molar-refractivity contribution in [2.24, 2.45) is 0 Å². The molecule has 0 aliphatic carbocycles. The molecule has 0 aromatic rings. The predicted molar refractivity (Wildman–Crippen MR) is 15.7 cm³/mol. The van der Waals surface area contributed by atoms with Crippen LogP contribution in [0, 0.1) is 0 Å². The fraction of sp³-hybridized carbons (Fsp3) is 0. The van der Waals surface area contributed by atoms with Crippen molar-refractivity contribution in [2.45, 2.75) is 0 Å². The van der Waals surface area contributed by atoms with Crippen LogP contribution in [0.2, 0.25) is 0 Å². The fourth-order valence-electron chi connectivity index (χ4n) is 0. The van der Waals surface area contributed by atoms with E-state index in [4.69, 9.17) is 19.2 Å². The molecular formula is H5NaO4SiZr. The molecule has 0 saturated carbocycles. The van der Waals surface area contributed by atoms with Gasteiger partial charge < -0.3 is 20.6 Å². The molecule has 0 saturated heterocycles. The van der Waals surface area contributed by atoms with Gasteiger partial charge in [0.2, 0.25) is 0 Å². The third-order valence-corrected chi connectivity index (χ3v) is 0. The smallest absolute Gasteiger partial charge is 1.00 e. The van der Waals surface area contributed by atoms with Crippen molar-refractivity contribution < 1.29 is 76.4 Å². The van der Waals surface area contributed by atoms with Crippen LogP contribution in [0.15, 0.2) is 0 Å². The zero-order chi connectivity index (χ0) is 4.50. The molecule has 0 bridgehead atoms. The molecule has 4 N–H and O–H groups in total.